The van der Waals surface area contributed by atoms with Gasteiger partial charge in [-0.05, 0) is 77.0 Å². The monoisotopic (exact) mass is 1110 g/mol. The third kappa shape index (κ3) is 65.1. The minimum atomic E-state index is -0.669. The standard InChI is InChI=1S/C73H139NO5/c1-3-5-7-9-11-13-15-17-18-19-20-21-22-23-26-29-32-35-38-42-45-49-53-57-61-65-71(76)70(69-75)74-72(77)66-62-58-54-50-46-43-39-36-33-30-27-24-25-28-31-34-37-40-44-48-52-56-60-64-68-79-73(78)67-63-59-55-51-47-41-16-14-12-10-8-6-4-2/h8,10,14,16,27,30,70-71,75-76H,3-7,9,11-13,15,17-26,28-29,31-69H2,1-2H3,(H,74,77)/b10-8-,16-14-,30-27-. The molecule has 6 heteroatoms. The molecule has 0 aliphatic carbocycles. The molecule has 3 N–H and O–H groups in total. The molecule has 0 heterocycles. The van der Waals surface area contributed by atoms with Crippen molar-refractivity contribution in [2.45, 2.75) is 405 Å². The van der Waals surface area contributed by atoms with Crippen molar-refractivity contribution < 1.29 is 24.5 Å². The van der Waals surface area contributed by atoms with Gasteiger partial charge < -0.3 is 20.3 Å². The van der Waals surface area contributed by atoms with E-state index < -0.39 is 12.1 Å². The van der Waals surface area contributed by atoms with Crippen molar-refractivity contribution in [3.8, 4) is 0 Å². The second kappa shape index (κ2) is 68.6. The molecule has 0 radical (unpaired) electrons. The minimum absolute atomic E-state index is 0.00226. The average Bonchev–Trinajstić information content (AvgIpc) is 3.45. The molecule has 0 rings (SSSR count). The van der Waals surface area contributed by atoms with Crippen molar-refractivity contribution in [3.63, 3.8) is 0 Å². The van der Waals surface area contributed by atoms with Crippen LogP contribution in [0.25, 0.3) is 0 Å². The topological polar surface area (TPSA) is 95.9 Å². The van der Waals surface area contributed by atoms with Gasteiger partial charge in [-0.25, -0.2) is 0 Å². The van der Waals surface area contributed by atoms with Crippen LogP contribution in [0.3, 0.4) is 0 Å². The molecule has 0 aliphatic rings. The first kappa shape index (κ1) is 77.1. The number of hydrogen-bond donors (Lipinski definition) is 3. The highest BCUT2D eigenvalue weighted by Gasteiger charge is 2.20. The fourth-order valence-electron chi connectivity index (χ4n) is 11.2. The number of amides is 1. The van der Waals surface area contributed by atoms with Crippen LogP contribution < -0.4 is 5.32 Å². The molecule has 0 aromatic carbocycles. The van der Waals surface area contributed by atoms with Crippen molar-refractivity contribution in [3.05, 3.63) is 36.5 Å². The normalized spacial score (nSPS) is 12.7. The second-order valence-electron chi connectivity index (χ2n) is 24.6. The van der Waals surface area contributed by atoms with Gasteiger partial charge >= 0.3 is 5.97 Å². The highest BCUT2D eigenvalue weighted by Crippen LogP contribution is 2.19. The van der Waals surface area contributed by atoms with Crippen LogP contribution in [0.5, 0.6) is 0 Å². The van der Waals surface area contributed by atoms with Crippen LogP contribution in [0.1, 0.15) is 393 Å². The molecule has 2 unspecified atom stereocenters. The first-order chi connectivity index (χ1) is 39.0. The Morgan fingerprint density at radius 1 is 0.354 bits per heavy atom. The molecular weight excluding hydrogens is 971 g/mol. The number of aliphatic hydroxyl groups excluding tert-OH is 2. The molecule has 0 bridgehead atoms. The number of unbranched alkanes of at least 4 members (excludes halogenated alkanes) is 50. The molecule has 1 amide bonds. The maximum absolute atomic E-state index is 12.6. The van der Waals surface area contributed by atoms with Gasteiger partial charge in [-0.2, -0.15) is 0 Å². The van der Waals surface area contributed by atoms with E-state index >= 15 is 0 Å². The van der Waals surface area contributed by atoms with Crippen LogP contribution in [-0.2, 0) is 14.3 Å². The SMILES string of the molecule is CCC/C=C\C/C=C\CCCCCCCC(=O)OCCCCCCCCCCCCCC/C=C\CCCCCCCCCCC(=O)NC(CO)C(O)CCCCCCCCCCCCCCCCCCCCCCCCCCC. The Labute approximate surface area is 494 Å². The lowest BCUT2D eigenvalue weighted by atomic mass is 10.0. The largest absolute Gasteiger partial charge is 0.466 e. The highest BCUT2D eigenvalue weighted by atomic mass is 16.5. The van der Waals surface area contributed by atoms with Gasteiger partial charge in [-0.1, -0.05) is 339 Å². The number of carbonyl (C=O) groups excluding carboxylic acids is 2. The number of allylic oxidation sites excluding steroid dienone is 6. The van der Waals surface area contributed by atoms with Gasteiger partial charge in [0.15, 0.2) is 0 Å². The van der Waals surface area contributed by atoms with Gasteiger partial charge in [-0.3, -0.25) is 9.59 Å². The van der Waals surface area contributed by atoms with E-state index in [1.54, 1.807) is 0 Å². The van der Waals surface area contributed by atoms with E-state index in [0.717, 1.165) is 51.4 Å². The van der Waals surface area contributed by atoms with Crippen molar-refractivity contribution in [2.75, 3.05) is 13.2 Å². The Balaban J connectivity index is 3.41. The van der Waals surface area contributed by atoms with Gasteiger partial charge in [0, 0.05) is 12.8 Å². The first-order valence-electron chi connectivity index (χ1n) is 35.7. The predicted octanol–water partition coefficient (Wildman–Crippen LogP) is 23.1. The summed E-state index contributed by atoms with van der Waals surface area (Å²) in [6.07, 6.45) is 87.7. The summed E-state index contributed by atoms with van der Waals surface area (Å²) in [5.41, 5.74) is 0. The third-order valence-corrected chi connectivity index (χ3v) is 16.6. The summed E-state index contributed by atoms with van der Waals surface area (Å²) in [4.78, 5) is 24.6. The summed E-state index contributed by atoms with van der Waals surface area (Å²) >= 11 is 0. The number of aliphatic hydroxyl groups is 2. The maximum atomic E-state index is 12.6. The molecule has 0 fully saturated rings. The van der Waals surface area contributed by atoms with Gasteiger partial charge in [0.25, 0.3) is 0 Å². The maximum Gasteiger partial charge on any atom is 0.305 e. The van der Waals surface area contributed by atoms with Crippen LogP contribution in [0.4, 0.5) is 0 Å². The van der Waals surface area contributed by atoms with E-state index in [9.17, 15) is 19.8 Å². The van der Waals surface area contributed by atoms with Crippen LogP contribution in [-0.4, -0.2) is 47.4 Å². The van der Waals surface area contributed by atoms with E-state index in [2.05, 4.69) is 55.6 Å². The van der Waals surface area contributed by atoms with Crippen molar-refractivity contribution in [1.82, 2.24) is 5.32 Å². The average molecular weight is 1110 g/mol. The molecule has 0 aromatic rings. The molecule has 0 spiro atoms. The number of ether oxygens (including phenoxy) is 1. The quantitative estimate of drug-likeness (QED) is 0.0320. The molecule has 6 nitrogen and oxygen atoms in total. The number of hydrogen-bond acceptors (Lipinski definition) is 5. The van der Waals surface area contributed by atoms with Gasteiger partial charge in [0.1, 0.15) is 0 Å². The number of rotatable bonds is 67. The smallest absolute Gasteiger partial charge is 0.305 e. The summed E-state index contributed by atoms with van der Waals surface area (Å²) in [6, 6.07) is -0.547. The molecule has 0 saturated heterocycles. The van der Waals surface area contributed by atoms with Crippen LogP contribution >= 0.6 is 0 Å². The van der Waals surface area contributed by atoms with Crippen LogP contribution in [0.15, 0.2) is 36.5 Å². The Morgan fingerprint density at radius 2 is 0.658 bits per heavy atom. The number of esters is 1. The Bertz CT molecular complexity index is 1280. The van der Waals surface area contributed by atoms with Gasteiger partial charge in [0.2, 0.25) is 5.91 Å². The molecule has 79 heavy (non-hydrogen) atoms. The molecule has 2 atom stereocenters. The zero-order valence-electron chi connectivity index (χ0n) is 53.4. The molecular formula is C73H139NO5. The summed E-state index contributed by atoms with van der Waals surface area (Å²) in [7, 11) is 0. The lowest BCUT2D eigenvalue weighted by Crippen LogP contribution is -2.45. The fourth-order valence-corrected chi connectivity index (χ4v) is 11.2. The van der Waals surface area contributed by atoms with Crippen LogP contribution in [0, 0.1) is 0 Å². The van der Waals surface area contributed by atoms with E-state index in [0.29, 0.717) is 25.9 Å². The fraction of sp³-hybridized carbons (Fsp3) is 0.890. The Morgan fingerprint density at radius 3 is 1.03 bits per heavy atom. The number of carbonyl (C=O) groups is 2. The Kier molecular flexibility index (Phi) is 66.9. The zero-order chi connectivity index (χ0) is 57.1. The summed E-state index contributed by atoms with van der Waals surface area (Å²) < 4.78 is 5.47. The van der Waals surface area contributed by atoms with Crippen molar-refractivity contribution in [1.29, 1.82) is 0 Å². The van der Waals surface area contributed by atoms with Gasteiger partial charge in [0.05, 0.1) is 25.4 Å². The third-order valence-electron chi connectivity index (χ3n) is 16.6. The summed E-state index contributed by atoms with van der Waals surface area (Å²) in [5, 5.41) is 23.4. The Hall–Kier alpha value is -1.92. The van der Waals surface area contributed by atoms with Gasteiger partial charge in [-0.15, -0.1) is 0 Å². The lowest BCUT2D eigenvalue weighted by Gasteiger charge is -2.22. The van der Waals surface area contributed by atoms with Crippen molar-refractivity contribution >= 4 is 11.9 Å². The highest BCUT2D eigenvalue weighted by molar-refractivity contribution is 5.76. The van der Waals surface area contributed by atoms with Crippen molar-refractivity contribution in [2.24, 2.45) is 0 Å². The number of nitrogens with one attached hydrogen (secondary N) is 1. The van der Waals surface area contributed by atoms with E-state index in [1.165, 1.54) is 308 Å². The molecule has 0 saturated carbocycles. The molecule has 0 aliphatic heterocycles. The molecule has 466 valence electrons. The first-order valence-corrected chi connectivity index (χ1v) is 35.7. The lowest BCUT2D eigenvalue weighted by molar-refractivity contribution is -0.143. The summed E-state index contributed by atoms with van der Waals surface area (Å²) in [6.45, 7) is 4.91. The molecule has 0 aromatic heterocycles. The van der Waals surface area contributed by atoms with E-state index in [4.69, 9.17) is 4.74 Å². The minimum Gasteiger partial charge on any atom is -0.466 e. The predicted molar refractivity (Wildman–Crippen MR) is 347 cm³/mol. The zero-order valence-corrected chi connectivity index (χ0v) is 53.4. The second-order valence-corrected chi connectivity index (χ2v) is 24.6. The van der Waals surface area contributed by atoms with Crippen LogP contribution in [0.2, 0.25) is 0 Å². The van der Waals surface area contributed by atoms with E-state index in [-0.39, 0.29) is 18.5 Å². The van der Waals surface area contributed by atoms with E-state index in [1.807, 2.05) is 0 Å². The summed E-state index contributed by atoms with van der Waals surface area (Å²) in [5.74, 6) is -0.0375.